The van der Waals surface area contributed by atoms with Crippen LogP contribution in [-0.2, 0) is 30.5 Å². The van der Waals surface area contributed by atoms with E-state index in [0.717, 1.165) is 90.7 Å². The molecule has 2 unspecified atom stereocenters. The molecule has 320 valence electrons. The molecule has 0 spiro atoms. The van der Waals surface area contributed by atoms with Gasteiger partial charge in [-0.3, -0.25) is 4.79 Å². The number of allylic oxidation sites excluding steroid dienone is 2. The molecule has 4 nitrogen and oxygen atoms in total. The van der Waals surface area contributed by atoms with Gasteiger partial charge in [0.25, 0.3) is 0 Å². The molecule has 12 rings (SSSR count). The molecule has 7 aromatic rings. The number of nitrogens with zero attached hydrogens (tertiary/aromatic N) is 1. The minimum absolute atomic E-state index is 0.151. The molecule has 1 aromatic heterocycles. The lowest BCUT2D eigenvalue weighted by Crippen LogP contribution is -2.27. The van der Waals surface area contributed by atoms with Crippen LogP contribution in [0, 0.1) is 13.8 Å². The van der Waals surface area contributed by atoms with Crippen LogP contribution < -0.4 is 4.74 Å². The third kappa shape index (κ3) is 6.66. The lowest BCUT2D eigenvalue weighted by Gasteiger charge is -2.32. The van der Waals surface area contributed by atoms with Gasteiger partial charge < -0.3 is 18.8 Å². The van der Waals surface area contributed by atoms with Gasteiger partial charge in [-0.05, 0) is 185 Å². The highest BCUT2D eigenvalue weighted by Gasteiger charge is 2.37. The Kier molecular flexibility index (Phi) is 9.88. The fourth-order valence-electron chi connectivity index (χ4n) is 12.3. The van der Waals surface area contributed by atoms with Crippen LogP contribution in [0.5, 0.6) is 5.75 Å². The number of hydrogen-bond acceptors (Lipinski definition) is 3. The molecule has 6 heteroatoms. The molecule has 0 fully saturated rings. The van der Waals surface area contributed by atoms with Crippen LogP contribution in [0.1, 0.15) is 117 Å². The molecule has 1 N–H and O–H groups in total. The Morgan fingerprint density at radius 1 is 0.785 bits per heavy atom. The van der Waals surface area contributed by atoms with Crippen LogP contribution in [0.2, 0.25) is 0 Å². The number of hydrogen-bond donors (Lipinski definition) is 1. The first-order valence-electron chi connectivity index (χ1n) is 23.8. The van der Waals surface area contributed by atoms with Crippen molar-refractivity contribution in [1.82, 2.24) is 9.79 Å². The van der Waals surface area contributed by atoms with Gasteiger partial charge in [0.1, 0.15) is 5.75 Å². The van der Waals surface area contributed by atoms with Gasteiger partial charge in [-0.1, -0.05) is 109 Å². The van der Waals surface area contributed by atoms with E-state index in [1.54, 1.807) is 0 Å². The first-order valence-corrected chi connectivity index (χ1v) is 23.8. The van der Waals surface area contributed by atoms with Crippen molar-refractivity contribution in [1.29, 1.82) is 0 Å². The van der Waals surface area contributed by atoms with Crippen LogP contribution in [0.25, 0.3) is 44.8 Å². The lowest BCUT2D eigenvalue weighted by molar-refractivity contribution is -0.134. The molecule has 65 heavy (non-hydrogen) atoms. The highest BCUT2D eigenvalue weighted by molar-refractivity contribution is 6.24. The summed E-state index contributed by atoms with van der Waals surface area (Å²) in [6, 6.07) is 41.5. The summed E-state index contributed by atoms with van der Waals surface area (Å²) in [5, 5.41) is 2.65. The summed E-state index contributed by atoms with van der Waals surface area (Å²) >= 11 is 0. The highest BCUT2D eigenvalue weighted by Crippen LogP contribution is 2.51. The van der Waals surface area contributed by atoms with E-state index in [-0.39, 0.29) is 12.0 Å². The van der Waals surface area contributed by atoms with E-state index in [1.807, 2.05) is 16.9 Å². The molecule has 1 aliphatic heterocycles. The number of fused-ring (bicyclic) bond motifs is 8. The maximum atomic E-state index is 15.9. The van der Waals surface area contributed by atoms with Gasteiger partial charge >= 0.3 is 13.7 Å². The van der Waals surface area contributed by atoms with E-state index in [2.05, 4.69) is 140 Å². The fraction of sp³-hybridized carbons (Fsp3) is 0.237. The Morgan fingerprint density at radius 2 is 1.54 bits per heavy atom. The highest BCUT2D eigenvalue weighted by atomic mass is 19.1. The molecule has 6 aromatic carbocycles. The zero-order chi connectivity index (χ0) is 43.8. The topological polar surface area (TPSA) is 45.3 Å². The van der Waals surface area contributed by atoms with Crippen LogP contribution in [0.3, 0.4) is 0 Å². The van der Waals surface area contributed by atoms with Crippen molar-refractivity contribution in [3.8, 4) is 28.1 Å². The van der Waals surface area contributed by atoms with Gasteiger partial charge in [0, 0.05) is 40.6 Å². The monoisotopic (exact) mass is 850 g/mol. The second-order valence-electron chi connectivity index (χ2n) is 18.9. The van der Waals surface area contributed by atoms with Gasteiger partial charge in [0.15, 0.2) is 0 Å². The lowest BCUT2D eigenvalue weighted by atomic mass is 9.71. The standard InChI is InChI=1S/C59H52BFN2O2/c1-35-31-43(65-53(64)28-11-17-39-29-30-50-48-26-10-19-40-18-9-25-47(55(40)48)49-27-12-24-44(39)56(49)50)32-36(2)54(35)57(51-33-41-20-7-15-37-13-3-5-22-45(37)58(41)62-51)52-34-42-21-8-16-38-14-4-6-23-46(38)59(42)63(52)60-61/h3-6,9-10,12-14,18-19,22-24,26-27,29-34,47,59-60,62H,7-8,11,15-17,20-21,25,28H2,1-2H3/b57-52+. The number of carbonyl (C=O) groups is 1. The molecular weight excluding hydrogens is 798 g/mol. The van der Waals surface area contributed by atoms with Crippen molar-refractivity contribution in [3.63, 3.8) is 0 Å². The van der Waals surface area contributed by atoms with E-state index in [0.29, 0.717) is 24.5 Å². The van der Waals surface area contributed by atoms with E-state index in [9.17, 15) is 4.79 Å². The first-order chi connectivity index (χ1) is 31.9. The summed E-state index contributed by atoms with van der Waals surface area (Å²) in [6.07, 6.45) is 15.7. The Labute approximate surface area is 381 Å². The summed E-state index contributed by atoms with van der Waals surface area (Å²) in [4.78, 5) is 19.6. The van der Waals surface area contributed by atoms with Crippen molar-refractivity contribution in [2.45, 2.75) is 90.0 Å². The number of esters is 1. The molecule has 0 saturated heterocycles. The summed E-state index contributed by atoms with van der Waals surface area (Å²) < 4.78 is 22.0. The van der Waals surface area contributed by atoms with Crippen molar-refractivity contribution in [2.24, 2.45) is 0 Å². The number of aromatic amines is 1. The Morgan fingerprint density at radius 3 is 2.42 bits per heavy atom. The molecule has 0 amide bonds. The average Bonchev–Trinajstić information content (AvgIpc) is 3.79. The molecule has 0 radical (unpaired) electrons. The number of carbonyl (C=O) groups excluding carboxylic acids is 1. The van der Waals surface area contributed by atoms with Gasteiger partial charge in [-0.2, -0.15) is 0 Å². The van der Waals surface area contributed by atoms with Crippen molar-refractivity contribution >= 4 is 36.1 Å². The van der Waals surface area contributed by atoms with Gasteiger partial charge in [-0.15, -0.1) is 0 Å². The average molecular weight is 851 g/mol. The summed E-state index contributed by atoms with van der Waals surface area (Å²) in [5.41, 5.74) is 22.8. The number of halogens is 1. The van der Waals surface area contributed by atoms with Gasteiger partial charge in [0.05, 0.1) is 6.04 Å². The number of benzene rings is 6. The molecule has 0 bridgehead atoms. The Hall–Kier alpha value is -6.66. The smallest absolute Gasteiger partial charge is 0.427 e. The van der Waals surface area contributed by atoms with Gasteiger partial charge in [0.2, 0.25) is 0 Å². The third-order valence-electron chi connectivity index (χ3n) is 15.1. The maximum absolute atomic E-state index is 15.9. The fourth-order valence-corrected chi connectivity index (χ4v) is 12.3. The van der Waals surface area contributed by atoms with Crippen molar-refractivity contribution in [3.05, 3.63) is 206 Å². The summed E-state index contributed by atoms with van der Waals surface area (Å²) in [7, 11) is -0.608. The molecule has 2 atom stereocenters. The molecular formula is C59H52BFN2O2. The quantitative estimate of drug-likeness (QED) is 0.0941. The SMILES string of the molecule is Cc1cc(OC(=O)CCCc2ccc3c4c(cccc24)C2CC=Cc4cccc-3c42)cc(C)c1/C(=C1\C=C2CCCc3ccccc3C2N1BF)c1cc2c([nH]1)-c1ccccc1CCC2. The van der Waals surface area contributed by atoms with Crippen molar-refractivity contribution in [2.75, 3.05) is 0 Å². The number of rotatable bonds is 8. The minimum Gasteiger partial charge on any atom is -0.427 e. The Bertz CT molecular complexity index is 3180. The molecule has 5 aliphatic rings. The zero-order valence-corrected chi connectivity index (χ0v) is 37.3. The van der Waals surface area contributed by atoms with E-state index in [1.165, 1.54) is 77.5 Å². The number of nitrogens with one attached hydrogen (secondary N) is 1. The normalized spacial score (nSPS) is 18.4. The predicted octanol–water partition coefficient (Wildman–Crippen LogP) is 13.7. The number of aryl methyl sites for hydroxylation is 6. The second-order valence-corrected chi connectivity index (χ2v) is 18.9. The first kappa shape index (κ1) is 39.9. The molecule has 2 heterocycles. The largest absolute Gasteiger partial charge is 0.445 e. The van der Waals surface area contributed by atoms with E-state index >= 15 is 4.32 Å². The number of aromatic nitrogens is 1. The number of H-pyrrole nitrogens is 1. The van der Waals surface area contributed by atoms with Crippen molar-refractivity contribution < 1.29 is 13.8 Å². The van der Waals surface area contributed by atoms with E-state index in [4.69, 9.17) is 4.74 Å². The predicted molar refractivity (Wildman–Crippen MR) is 264 cm³/mol. The van der Waals surface area contributed by atoms with Crippen LogP contribution in [-0.4, -0.2) is 23.5 Å². The maximum Gasteiger partial charge on any atom is 0.445 e. The molecule has 4 aliphatic carbocycles. The zero-order valence-electron chi connectivity index (χ0n) is 37.3. The molecule has 0 saturated carbocycles. The van der Waals surface area contributed by atoms with Gasteiger partial charge in [-0.25, -0.2) is 0 Å². The minimum atomic E-state index is -0.608. The third-order valence-corrected chi connectivity index (χ3v) is 15.1. The van der Waals surface area contributed by atoms with Crippen LogP contribution in [0.4, 0.5) is 4.32 Å². The number of ether oxygens (including phenoxy) is 1. The van der Waals surface area contributed by atoms with Crippen LogP contribution in [0.15, 0.2) is 139 Å². The second kappa shape index (κ2) is 16.1. The summed E-state index contributed by atoms with van der Waals surface area (Å²) in [5.74, 6) is 0.683. The van der Waals surface area contributed by atoms with E-state index < -0.39 is 7.69 Å². The van der Waals surface area contributed by atoms with Crippen LogP contribution >= 0.6 is 0 Å². The Balaban J connectivity index is 0.855. The summed E-state index contributed by atoms with van der Waals surface area (Å²) in [6.45, 7) is 4.19.